The molecule has 0 spiro atoms. The van der Waals surface area contributed by atoms with Crippen LogP contribution in [-0.4, -0.2) is 33.8 Å². The monoisotopic (exact) mass is 256 g/mol. The van der Waals surface area contributed by atoms with Gasteiger partial charge in [0.25, 0.3) is 0 Å². The third kappa shape index (κ3) is 2.55. The highest BCUT2D eigenvalue weighted by molar-refractivity contribution is 5.40. The highest BCUT2D eigenvalue weighted by atomic mass is 15.3. The third-order valence-electron chi connectivity index (χ3n) is 3.76. The minimum atomic E-state index is 0.329. The van der Waals surface area contributed by atoms with E-state index in [2.05, 4.69) is 47.3 Å². The molecule has 1 aliphatic rings. The van der Waals surface area contributed by atoms with E-state index in [1.807, 2.05) is 10.9 Å². The molecule has 2 N–H and O–H groups in total. The van der Waals surface area contributed by atoms with Crippen molar-refractivity contribution in [3.05, 3.63) is 47.8 Å². The molecule has 1 fully saturated rings. The number of aryl methyl sites for hydroxylation is 1. The third-order valence-corrected chi connectivity index (χ3v) is 3.76. The summed E-state index contributed by atoms with van der Waals surface area (Å²) in [7, 11) is 0. The predicted molar refractivity (Wildman–Crippen MR) is 76.2 cm³/mol. The first-order valence-corrected chi connectivity index (χ1v) is 6.81. The lowest BCUT2D eigenvalue weighted by Crippen LogP contribution is -2.27. The second-order valence-corrected chi connectivity index (χ2v) is 5.30. The zero-order chi connectivity index (χ0) is 13.2. The van der Waals surface area contributed by atoms with Crippen molar-refractivity contribution in [3.63, 3.8) is 0 Å². The van der Waals surface area contributed by atoms with Crippen LogP contribution in [0.3, 0.4) is 0 Å². The molecule has 0 amide bonds. The largest absolute Gasteiger partial charge is 0.326 e. The fraction of sp³-hybridized carbons (Fsp3) is 0.400. The Morgan fingerprint density at radius 3 is 2.89 bits per heavy atom. The Balaban J connectivity index is 1.85. The molecule has 1 atom stereocenters. The number of nitrogens with two attached hydrogens (primary N) is 1. The van der Waals surface area contributed by atoms with Crippen LogP contribution in [-0.2, 0) is 6.54 Å². The van der Waals surface area contributed by atoms with E-state index in [9.17, 15) is 0 Å². The standard InChI is InChI=1S/C15H20N4/c1-12-4-2-3-5-15(12)19-14(6-8-17-19)11-18-9-7-13(16)10-18/h2-6,8,13H,7,9-11,16H2,1H3. The molecule has 1 saturated heterocycles. The fourth-order valence-electron chi connectivity index (χ4n) is 2.70. The number of benzene rings is 1. The SMILES string of the molecule is Cc1ccccc1-n1nccc1CN1CCC(N)C1. The van der Waals surface area contributed by atoms with Gasteiger partial charge in [-0.05, 0) is 31.0 Å². The van der Waals surface area contributed by atoms with Gasteiger partial charge in [-0.3, -0.25) is 4.90 Å². The Hall–Kier alpha value is -1.65. The van der Waals surface area contributed by atoms with Crippen LogP contribution in [0.15, 0.2) is 36.5 Å². The lowest BCUT2D eigenvalue weighted by Gasteiger charge is -2.17. The molecule has 4 heteroatoms. The molecule has 0 bridgehead atoms. The average Bonchev–Trinajstić information content (AvgIpc) is 3.00. The van der Waals surface area contributed by atoms with E-state index < -0.39 is 0 Å². The van der Waals surface area contributed by atoms with E-state index in [0.29, 0.717) is 6.04 Å². The van der Waals surface area contributed by atoms with Gasteiger partial charge in [0.1, 0.15) is 0 Å². The van der Waals surface area contributed by atoms with Gasteiger partial charge < -0.3 is 5.73 Å². The summed E-state index contributed by atoms with van der Waals surface area (Å²) in [6.45, 7) is 5.10. The summed E-state index contributed by atoms with van der Waals surface area (Å²) >= 11 is 0. The van der Waals surface area contributed by atoms with Crippen molar-refractivity contribution in [1.82, 2.24) is 14.7 Å². The Bertz CT molecular complexity index is 561. The number of aromatic nitrogens is 2. The molecule has 2 aromatic rings. The van der Waals surface area contributed by atoms with Gasteiger partial charge in [-0.25, -0.2) is 4.68 Å². The van der Waals surface area contributed by atoms with E-state index in [0.717, 1.165) is 31.7 Å². The van der Waals surface area contributed by atoms with Gasteiger partial charge in [0, 0.05) is 31.9 Å². The zero-order valence-corrected chi connectivity index (χ0v) is 11.3. The molecule has 4 nitrogen and oxygen atoms in total. The predicted octanol–water partition coefficient (Wildman–Crippen LogP) is 1.71. The summed E-state index contributed by atoms with van der Waals surface area (Å²) in [5.41, 5.74) is 9.59. The zero-order valence-electron chi connectivity index (χ0n) is 11.3. The summed E-state index contributed by atoms with van der Waals surface area (Å²) < 4.78 is 2.04. The Morgan fingerprint density at radius 1 is 1.32 bits per heavy atom. The van der Waals surface area contributed by atoms with Crippen molar-refractivity contribution in [2.24, 2.45) is 5.73 Å². The molecule has 1 aliphatic heterocycles. The van der Waals surface area contributed by atoms with E-state index in [1.54, 1.807) is 0 Å². The molecule has 0 radical (unpaired) electrons. The van der Waals surface area contributed by atoms with Crippen LogP contribution < -0.4 is 5.73 Å². The minimum absolute atomic E-state index is 0.329. The maximum absolute atomic E-state index is 5.96. The van der Waals surface area contributed by atoms with Crippen molar-refractivity contribution < 1.29 is 0 Å². The number of rotatable bonds is 3. The van der Waals surface area contributed by atoms with Gasteiger partial charge in [0.2, 0.25) is 0 Å². The number of likely N-dealkylation sites (tertiary alicyclic amines) is 1. The van der Waals surface area contributed by atoms with Crippen molar-refractivity contribution in [3.8, 4) is 5.69 Å². The molecule has 3 rings (SSSR count). The Kier molecular flexibility index (Phi) is 3.36. The lowest BCUT2D eigenvalue weighted by molar-refractivity contribution is 0.319. The van der Waals surface area contributed by atoms with E-state index in [-0.39, 0.29) is 0 Å². The lowest BCUT2D eigenvalue weighted by atomic mass is 10.2. The van der Waals surface area contributed by atoms with Gasteiger partial charge in [-0.2, -0.15) is 5.10 Å². The van der Waals surface area contributed by atoms with Crippen molar-refractivity contribution in [2.45, 2.75) is 25.9 Å². The summed E-state index contributed by atoms with van der Waals surface area (Å²) in [5.74, 6) is 0. The number of para-hydroxylation sites is 1. The first kappa shape index (κ1) is 12.4. The minimum Gasteiger partial charge on any atom is -0.326 e. The van der Waals surface area contributed by atoms with Crippen LogP contribution in [0, 0.1) is 6.92 Å². The van der Waals surface area contributed by atoms with Crippen LogP contribution in [0.4, 0.5) is 0 Å². The number of hydrogen-bond acceptors (Lipinski definition) is 3. The number of hydrogen-bond donors (Lipinski definition) is 1. The van der Waals surface area contributed by atoms with Gasteiger partial charge in [0.15, 0.2) is 0 Å². The molecule has 1 aromatic heterocycles. The topological polar surface area (TPSA) is 47.1 Å². The smallest absolute Gasteiger partial charge is 0.0678 e. The molecular weight excluding hydrogens is 236 g/mol. The van der Waals surface area contributed by atoms with E-state index in [1.165, 1.54) is 11.3 Å². The molecule has 19 heavy (non-hydrogen) atoms. The van der Waals surface area contributed by atoms with Crippen molar-refractivity contribution in [1.29, 1.82) is 0 Å². The molecule has 1 unspecified atom stereocenters. The van der Waals surface area contributed by atoms with E-state index >= 15 is 0 Å². The van der Waals surface area contributed by atoms with Crippen LogP contribution in [0.1, 0.15) is 17.7 Å². The Morgan fingerprint density at radius 2 is 2.16 bits per heavy atom. The Labute approximate surface area is 113 Å². The van der Waals surface area contributed by atoms with Crippen molar-refractivity contribution >= 4 is 0 Å². The average molecular weight is 256 g/mol. The second-order valence-electron chi connectivity index (χ2n) is 5.30. The van der Waals surface area contributed by atoms with E-state index in [4.69, 9.17) is 5.73 Å². The summed E-state index contributed by atoms with van der Waals surface area (Å²) in [5, 5.41) is 4.47. The summed E-state index contributed by atoms with van der Waals surface area (Å²) in [4.78, 5) is 2.40. The maximum atomic E-state index is 5.96. The fourth-order valence-corrected chi connectivity index (χ4v) is 2.70. The number of nitrogens with zero attached hydrogens (tertiary/aromatic N) is 3. The van der Waals surface area contributed by atoms with Gasteiger partial charge in [-0.15, -0.1) is 0 Å². The van der Waals surface area contributed by atoms with Gasteiger partial charge in [-0.1, -0.05) is 18.2 Å². The molecule has 2 heterocycles. The van der Waals surface area contributed by atoms with Crippen LogP contribution >= 0.6 is 0 Å². The molecule has 0 aliphatic carbocycles. The highest BCUT2D eigenvalue weighted by Gasteiger charge is 2.20. The van der Waals surface area contributed by atoms with Gasteiger partial charge in [0.05, 0.1) is 11.4 Å². The molecule has 0 saturated carbocycles. The molecule has 100 valence electrons. The highest BCUT2D eigenvalue weighted by Crippen LogP contribution is 2.18. The quantitative estimate of drug-likeness (QED) is 0.909. The van der Waals surface area contributed by atoms with Gasteiger partial charge >= 0.3 is 0 Å². The van der Waals surface area contributed by atoms with Crippen LogP contribution in [0.25, 0.3) is 5.69 Å². The first-order chi connectivity index (χ1) is 9.24. The summed E-state index contributed by atoms with van der Waals surface area (Å²) in [6.07, 6.45) is 2.97. The first-order valence-electron chi connectivity index (χ1n) is 6.81. The normalized spacial score (nSPS) is 20.0. The second kappa shape index (κ2) is 5.15. The molecular formula is C15H20N4. The van der Waals surface area contributed by atoms with Crippen LogP contribution in [0.2, 0.25) is 0 Å². The molecule has 1 aromatic carbocycles. The van der Waals surface area contributed by atoms with Crippen molar-refractivity contribution in [2.75, 3.05) is 13.1 Å². The van der Waals surface area contributed by atoms with Crippen LogP contribution in [0.5, 0.6) is 0 Å². The maximum Gasteiger partial charge on any atom is 0.0678 e. The summed E-state index contributed by atoms with van der Waals surface area (Å²) in [6, 6.07) is 10.8.